The second kappa shape index (κ2) is 8.62. The van der Waals surface area contributed by atoms with E-state index in [1.807, 2.05) is 36.4 Å². The number of esters is 2. The third kappa shape index (κ3) is 4.03. The van der Waals surface area contributed by atoms with Crippen LogP contribution in [0.3, 0.4) is 0 Å². The van der Waals surface area contributed by atoms with Crippen LogP contribution in [0.25, 0.3) is 0 Å². The highest BCUT2D eigenvalue weighted by Gasteiger charge is 2.54. The molecule has 2 aliphatic heterocycles. The first-order valence-electron chi connectivity index (χ1n) is 12.0. The number of rotatable bonds is 5. The van der Waals surface area contributed by atoms with Crippen molar-refractivity contribution >= 4 is 22.8 Å². The van der Waals surface area contributed by atoms with E-state index in [0.29, 0.717) is 24.3 Å². The molecule has 172 valence electrons. The van der Waals surface area contributed by atoms with Crippen molar-refractivity contribution in [1.82, 2.24) is 0 Å². The van der Waals surface area contributed by atoms with Crippen LogP contribution in [0, 0.1) is 11.8 Å². The van der Waals surface area contributed by atoms with Gasteiger partial charge in [-0.3, -0.25) is 4.79 Å². The maximum atomic E-state index is 13.2. The van der Waals surface area contributed by atoms with Gasteiger partial charge in [-0.25, -0.2) is 4.79 Å². The maximum Gasteiger partial charge on any atom is 0.338 e. The number of fused-ring (bicyclic) bond motifs is 1. The molecule has 0 N–H and O–H groups in total. The minimum absolute atomic E-state index is 0.108. The summed E-state index contributed by atoms with van der Waals surface area (Å²) in [5.74, 6) is -0.151. The lowest BCUT2D eigenvalue weighted by Crippen LogP contribution is -2.48. The van der Waals surface area contributed by atoms with Gasteiger partial charge in [0.1, 0.15) is 11.7 Å². The van der Waals surface area contributed by atoms with Gasteiger partial charge in [0.25, 0.3) is 0 Å². The molecule has 3 aromatic carbocycles. The fourth-order valence-electron chi connectivity index (χ4n) is 6.00. The van der Waals surface area contributed by atoms with E-state index in [4.69, 9.17) is 9.47 Å². The van der Waals surface area contributed by atoms with Crippen molar-refractivity contribution < 1.29 is 19.1 Å². The standard InChI is InChI=1S/C29H27O4S/c30-27-22-15-20-16-23(32-27)19-29(17-20,18-22)33-28(31)21-11-13-26(14-12-21)34(24-7-3-1-4-8-24)25-9-5-2-6-10-25/h1-14,20,22-23H,15-19H2/q+1. The van der Waals surface area contributed by atoms with Gasteiger partial charge < -0.3 is 9.47 Å². The molecule has 4 nitrogen and oxygen atoms in total. The van der Waals surface area contributed by atoms with Crippen LogP contribution < -0.4 is 0 Å². The molecule has 2 heterocycles. The van der Waals surface area contributed by atoms with Crippen LogP contribution in [0.1, 0.15) is 42.5 Å². The van der Waals surface area contributed by atoms with E-state index in [0.717, 1.165) is 24.2 Å². The van der Waals surface area contributed by atoms with Crippen molar-refractivity contribution in [1.29, 1.82) is 0 Å². The molecule has 2 aliphatic carbocycles. The summed E-state index contributed by atoms with van der Waals surface area (Å²) in [5.41, 5.74) is -0.0216. The molecule has 34 heavy (non-hydrogen) atoms. The monoisotopic (exact) mass is 471 g/mol. The zero-order valence-corrected chi connectivity index (χ0v) is 19.7. The molecule has 4 atom stereocenters. The number of hydrogen-bond acceptors (Lipinski definition) is 4. The molecule has 7 rings (SSSR count). The number of carbonyl (C=O) groups excluding carboxylic acids is 2. The van der Waals surface area contributed by atoms with Crippen molar-refractivity contribution in [3.63, 3.8) is 0 Å². The quantitative estimate of drug-likeness (QED) is 0.348. The molecular weight excluding hydrogens is 444 g/mol. The van der Waals surface area contributed by atoms with Crippen LogP contribution in [0.4, 0.5) is 0 Å². The van der Waals surface area contributed by atoms with Gasteiger partial charge in [0.2, 0.25) is 0 Å². The SMILES string of the molecule is O=C(OC12CC3CC(C1)OC(=O)C(C3)C2)c1ccc([S+](c2ccccc2)c2ccccc2)cc1. The van der Waals surface area contributed by atoms with Gasteiger partial charge in [-0.05, 0) is 73.7 Å². The largest absolute Gasteiger partial charge is 0.462 e. The Bertz CT molecular complexity index is 1150. The van der Waals surface area contributed by atoms with Crippen molar-refractivity contribution in [2.45, 2.75) is 58.5 Å². The van der Waals surface area contributed by atoms with E-state index < -0.39 is 5.60 Å². The van der Waals surface area contributed by atoms with Crippen LogP contribution in [0.15, 0.2) is 99.6 Å². The average Bonchev–Trinajstić information content (AvgIpc) is 3.01. The van der Waals surface area contributed by atoms with Gasteiger partial charge in [-0.15, -0.1) is 0 Å². The van der Waals surface area contributed by atoms with Crippen molar-refractivity contribution in [3.05, 3.63) is 90.5 Å². The number of benzene rings is 3. The van der Waals surface area contributed by atoms with Crippen LogP contribution in [0.2, 0.25) is 0 Å². The van der Waals surface area contributed by atoms with Crippen molar-refractivity contribution in [2.24, 2.45) is 11.8 Å². The molecular formula is C29H27O4S+. The summed E-state index contributed by atoms with van der Waals surface area (Å²) in [7, 11) is -0.259. The lowest BCUT2D eigenvalue weighted by molar-refractivity contribution is -0.151. The van der Waals surface area contributed by atoms with Crippen LogP contribution in [-0.4, -0.2) is 23.6 Å². The first-order valence-corrected chi connectivity index (χ1v) is 13.2. The summed E-state index contributed by atoms with van der Waals surface area (Å²) in [5, 5.41) is 0. The molecule has 0 spiro atoms. The third-order valence-electron chi connectivity index (χ3n) is 7.30. The maximum absolute atomic E-state index is 13.2. The minimum Gasteiger partial charge on any atom is -0.462 e. The molecule has 5 heteroatoms. The second-order valence-corrected chi connectivity index (χ2v) is 11.8. The van der Waals surface area contributed by atoms with E-state index in [-0.39, 0.29) is 34.9 Å². The first kappa shape index (κ1) is 21.5. The molecule has 2 saturated heterocycles. The Morgan fingerprint density at radius 3 is 2.06 bits per heavy atom. The van der Waals surface area contributed by atoms with E-state index in [1.165, 1.54) is 9.79 Å². The number of ether oxygens (including phenoxy) is 2. The summed E-state index contributed by atoms with van der Waals surface area (Å²) in [4.78, 5) is 29.2. The fraction of sp³-hybridized carbons (Fsp3) is 0.310. The molecule has 0 radical (unpaired) electrons. The van der Waals surface area contributed by atoms with E-state index in [9.17, 15) is 9.59 Å². The van der Waals surface area contributed by atoms with Crippen LogP contribution in [0.5, 0.6) is 0 Å². The van der Waals surface area contributed by atoms with E-state index >= 15 is 0 Å². The van der Waals surface area contributed by atoms with Gasteiger partial charge >= 0.3 is 11.9 Å². The van der Waals surface area contributed by atoms with Gasteiger partial charge in [-0.2, -0.15) is 0 Å². The molecule has 4 fully saturated rings. The Hall–Kier alpha value is -3.05. The number of carbonyl (C=O) groups is 2. The smallest absolute Gasteiger partial charge is 0.338 e. The molecule has 4 aliphatic rings. The van der Waals surface area contributed by atoms with Gasteiger partial charge in [0, 0.05) is 12.8 Å². The summed E-state index contributed by atoms with van der Waals surface area (Å²) >= 11 is 0. The van der Waals surface area contributed by atoms with Crippen molar-refractivity contribution in [2.75, 3.05) is 0 Å². The predicted molar refractivity (Wildman–Crippen MR) is 130 cm³/mol. The third-order valence-corrected chi connectivity index (χ3v) is 9.53. The molecule has 0 amide bonds. The number of hydrogen-bond donors (Lipinski definition) is 0. The Labute approximate surface area is 202 Å². The Morgan fingerprint density at radius 1 is 0.794 bits per heavy atom. The van der Waals surface area contributed by atoms with Crippen molar-refractivity contribution in [3.8, 4) is 0 Å². The molecule has 4 bridgehead atoms. The zero-order valence-electron chi connectivity index (χ0n) is 18.9. The highest BCUT2D eigenvalue weighted by Crippen LogP contribution is 2.51. The van der Waals surface area contributed by atoms with Crippen LogP contribution >= 0.6 is 0 Å². The Kier molecular flexibility index (Phi) is 5.45. The summed E-state index contributed by atoms with van der Waals surface area (Å²) in [6, 6.07) is 28.7. The average molecular weight is 472 g/mol. The molecule has 0 aromatic heterocycles. The molecule has 3 aromatic rings. The van der Waals surface area contributed by atoms with E-state index in [1.54, 1.807) is 0 Å². The Morgan fingerprint density at radius 2 is 1.41 bits per heavy atom. The van der Waals surface area contributed by atoms with Gasteiger partial charge in [-0.1, -0.05) is 36.4 Å². The highest BCUT2D eigenvalue weighted by molar-refractivity contribution is 7.97. The molecule has 2 saturated carbocycles. The first-order chi connectivity index (χ1) is 16.6. The lowest BCUT2D eigenvalue weighted by Gasteiger charge is -2.45. The van der Waals surface area contributed by atoms with E-state index in [2.05, 4.69) is 48.5 Å². The highest BCUT2D eigenvalue weighted by atomic mass is 32.2. The topological polar surface area (TPSA) is 52.6 Å². The lowest BCUT2D eigenvalue weighted by atomic mass is 9.65. The van der Waals surface area contributed by atoms with Gasteiger partial charge in [0.15, 0.2) is 14.7 Å². The summed E-state index contributed by atoms with van der Waals surface area (Å²) in [6.45, 7) is 0. The fourth-order valence-corrected chi connectivity index (χ4v) is 8.09. The minimum atomic E-state index is -0.573. The zero-order chi connectivity index (χ0) is 23.1. The van der Waals surface area contributed by atoms with Gasteiger partial charge in [0.05, 0.1) is 22.4 Å². The Balaban J connectivity index is 1.25. The normalized spacial score (nSPS) is 27.3. The predicted octanol–water partition coefficient (Wildman–Crippen LogP) is 5.81. The molecule has 4 unspecified atom stereocenters. The summed E-state index contributed by atoms with van der Waals surface area (Å²) < 4.78 is 11.8. The van der Waals surface area contributed by atoms with Crippen LogP contribution in [-0.2, 0) is 25.2 Å². The summed E-state index contributed by atoms with van der Waals surface area (Å²) in [6.07, 6.45) is 3.70. The second-order valence-electron chi connectivity index (χ2n) is 9.73.